The maximum atomic E-state index is 10.6. The second-order valence-electron chi connectivity index (χ2n) is 4.26. The Bertz CT molecular complexity index is 426. The van der Waals surface area contributed by atoms with Gasteiger partial charge in [-0.1, -0.05) is 13.8 Å². The molecule has 0 aromatic heterocycles. The van der Waals surface area contributed by atoms with Gasteiger partial charge in [-0.15, -0.1) is 12.4 Å². The van der Waals surface area contributed by atoms with Crippen LogP contribution >= 0.6 is 12.4 Å². The van der Waals surface area contributed by atoms with Crippen LogP contribution in [0.15, 0.2) is 18.2 Å². The van der Waals surface area contributed by atoms with Crippen LogP contribution in [0.4, 0.5) is 5.69 Å². The number of non-ortho nitro benzene ring substituents is 1. The molecular formula is C11H17ClN2O4. The SMILES string of the molecule is CC(C)[C@@H](O)[C@@H](N)c1cc([N+](=O)[O-])ccc1O.Cl. The third-order valence-corrected chi connectivity index (χ3v) is 2.63. The standard InChI is InChI=1S/C11H16N2O4.ClH/c1-6(2)11(15)10(12)8-5-7(13(16)17)3-4-9(8)14;/h3-6,10-11,14-15H,12H2,1-2H3;1H/t10-,11+;/m0./s1. The minimum atomic E-state index is -0.872. The Morgan fingerprint density at radius 1 is 1.39 bits per heavy atom. The average Bonchev–Trinajstić information content (AvgIpc) is 2.27. The number of benzene rings is 1. The van der Waals surface area contributed by atoms with Gasteiger partial charge in [0.2, 0.25) is 0 Å². The van der Waals surface area contributed by atoms with Crippen LogP contribution in [-0.4, -0.2) is 21.2 Å². The van der Waals surface area contributed by atoms with E-state index in [0.29, 0.717) is 0 Å². The van der Waals surface area contributed by atoms with Crippen LogP contribution in [0.2, 0.25) is 0 Å². The summed E-state index contributed by atoms with van der Waals surface area (Å²) in [6.45, 7) is 3.55. The highest BCUT2D eigenvalue weighted by Gasteiger charge is 2.24. The van der Waals surface area contributed by atoms with Crippen LogP contribution in [0.3, 0.4) is 0 Å². The lowest BCUT2D eigenvalue weighted by Gasteiger charge is -2.22. The van der Waals surface area contributed by atoms with Gasteiger partial charge >= 0.3 is 0 Å². The van der Waals surface area contributed by atoms with Gasteiger partial charge in [-0.2, -0.15) is 0 Å². The van der Waals surface area contributed by atoms with Gasteiger partial charge in [0.15, 0.2) is 0 Å². The van der Waals surface area contributed by atoms with E-state index < -0.39 is 17.1 Å². The van der Waals surface area contributed by atoms with Crippen LogP contribution in [-0.2, 0) is 0 Å². The molecule has 2 atom stereocenters. The molecule has 0 aliphatic rings. The summed E-state index contributed by atoms with van der Waals surface area (Å²) in [5.41, 5.74) is 5.79. The van der Waals surface area contributed by atoms with E-state index >= 15 is 0 Å². The molecule has 0 bridgehead atoms. The van der Waals surface area contributed by atoms with Crippen LogP contribution < -0.4 is 5.73 Å². The second-order valence-corrected chi connectivity index (χ2v) is 4.26. The number of nitrogens with two attached hydrogens (primary N) is 1. The predicted molar refractivity (Wildman–Crippen MR) is 69.8 cm³/mol. The monoisotopic (exact) mass is 276 g/mol. The van der Waals surface area contributed by atoms with Crippen molar-refractivity contribution in [3.8, 4) is 5.75 Å². The maximum Gasteiger partial charge on any atom is 0.270 e. The van der Waals surface area contributed by atoms with Gasteiger partial charge in [-0.3, -0.25) is 10.1 Å². The van der Waals surface area contributed by atoms with Gasteiger partial charge in [0.05, 0.1) is 17.1 Å². The fourth-order valence-corrected chi connectivity index (χ4v) is 1.52. The minimum Gasteiger partial charge on any atom is -0.508 e. The summed E-state index contributed by atoms with van der Waals surface area (Å²) >= 11 is 0. The van der Waals surface area contributed by atoms with E-state index in [4.69, 9.17) is 5.73 Å². The second kappa shape index (κ2) is 6.53. The van der Waals surface area contributed by atoms with E-state index in [1.807, 2.05) is 0 Å². The molecule has 0 saturated heterocycles. The zero-order valence-electron chi connectivity index (χ0n) is 10.1. The van der Waals surface area contributed by atoms with Gasteiger partial charge in [0.1, 0.15) is 5.75 Å². The summed E-state index contributed by atoms with van der Waals surface area (Å²) in [7, 11) is 0. The predicted octanol–water partition coefficient (Wildman–Crippen LogP) is 1.74. The lowest BCUT2D eigenvalue weighted by atomic mass is 9.93. The number of aliphatic hydroxyl groups excluding tert-OH is 1. The van der Waals surface area contributed by atoms with Gasteiger partial charge in [-0.05, 0) is 12.0 Å². The summed E-state index contributed by atoms with van der Waals surface area (Å²) < 4.78 is 0. The number of aromatic hydroxyl groups is 1. The number of rotatable bonds is 4. The molecule has 0 aliphatic heterocycles. The number of nitrogens with zero attached hydrogens (tertiary/aromatic N) is 1. The first-order valence-corrected chi connectivity index (χ1v) is 5.25. The highest BCUT2D eigenvalue weighted by molar-refractivity contribution is 5.85. The van der Waals surface area contributed by atoms with E-state index in [1.165, 1.54) is 18.2 Å². The normalized spacial score (nSPS) is 13.8. The smallest absolute Gasteiger partial charge is 0.270 e. The molecule has 6 nitrogen and oxygen atoms in total. The van der Waals surface area contributed by atoms with E-state index in [0.717, 1.165) is 0 Å². The van der Waals surface area contributed by atoms with Crippen LogP contribution in [0.25, 0.3) is 0 Å². The van der Waals surface area contributed by atoms with Crippen LogP contribution in [0.5, 0.6) is 5.75 Å². The van der Waals surface area contributed by atoms with Gasteiger partial charge in [0, 0.05) is 17.7 Å². The molecule has 1 aromatic rings. The fourth-order valence-electron chi connectivity index (χ4n) is 1.52. The molecule has 0 aliphatic carbocycles. The highest BCUT2D eigenvalue weighted by atomic mass is 35.5. The number of halogens is 1. The Labute approximate surface area is 111 Å². The van der Waals surface area contributed by atoms with E-state index in [-0.39, 0.29) is 35.3 Å². The number of nitro benzene ring substituents is 1. The van der Waals surface area contributed by atoms with Crippen LogP contribution in [0.1, 0.15) is 25.5 Å². The summed E-state index contributed by atoms with van der Waals surface area (Å²) in [6.07, 6.45) is -0.872. The molecule has 0 spiro atoms. The first kappa shape index (κ1) is 16.6. The first-order valence-electron chi connectivity index (χ1n) is 5.25. The molecule has 1 rings (SSSR count). The molecule has 0 amide bonds. The van der Waals surface area contributed by atoms with Crippen LogP contribution in [0, 0.1) is 16.0 Å². The first-order chi connectivity index (χ1) is 7.84. The highest BCUT2D eigenvalue weighted by Crippen LogP contribution is 2.30. The third kappa shape index (κ3) is 3.56. The number of hydrogen-bond acceptors (Lipinski definition) is 5. The fraction of sp³-hybridized carbons (Fsp3) is 0.455. The van der Waals surface area contributed by atoms with Crippen molar-refractivity contribution in [2.24, 2.45) is 11.7 Å². The lowest BCUT2D eigenvalue weighted by Crippen LogP contribution is -2.30. The van der Waals surface area contributed by atoms with Crippen molar-refractivity contribution in [3.05, 3.63) is 33.9 Å². The number of phenols is 1. The zero-order chi connectivity index (χ0) is 13.2. The Balaban J connectivity index is 0.00000289. The number of aliphatic hydroxyl groups is 1. The molecule has 1 aromatic carbocycles. The number of phenolic OH excluding ortho intramolecular Hbond substituents is 1. The van der Waals surface area contributed by atoms with Crippen molar-refractivity contribution in [1.82, 2.24) is 0 Å². The summed E-state index contributed by atoms with van der Waals surface area (Å²) in [5, 5.41) is 30.0. The van der Waals surface area contributed by atoms with Crippen molar-refractivity contribution in [3.63, 3.8) is 0 Å². The molecule has 4 N–H and O–H groups in total. The van der Waals surface area contributed by atoms with Gasteiger partial charge in [0.25, 0.3) is 5.69 Å². The van der Waals surface area contributed by atoms with Crippen molar-refractivity contribution in [2.75, 3.05) is 0 Å². The number of hydrogen-bond donors (Lipinski definition) is 3. The zero-order valence-corrected chi connectivity index (χ0v) is 10.9. The molecule has 0 radical (unpaired) electrons. The summed E-state index contributed by atoms with van der Waals surface area (Å²) in [5.74, 6) is -0.258. The quantitative estimate of drug-likeness (QED) is 0.573. The maximum absolute atomic E-state index is 10.6. The van der Waals surface area contributed by atoms with E-state index in [9.17, 15) is 20.3 Å². The molecule has 18 heavy (non-hydrogen) atoms. The van der Waals surface area contributed by atoms with Crippen molar-refractivity contribution in [2.45, 2.75) is 26.0 Å². The summed E-state index contributed by atoms with van der Waals surface area (Å²) in [6, 6.07) is 2.73. The van der Waals surface area contributed by atoms with E-state index in [1.54, 1.807) is 13.8 Å². The summed E-state index contributed by atoms with van der Waals surface area (Å²) in [4.78, 5) is 10.0. The molecule has 0 fully saturated rings. The molecule has 7 heteroatoms. The van der Waals surface area contributed by atoms with E-state index in [2.05, 4.69) is 0 Å². The lowest BCUT2D eigenvalue weighted by molar-refractivity contribution is -0.385. The topological polar surface area (TPSA) is 110 Å². The largest absolute Gasteiger partial charge is 0.508 e. The van der Waals surface area contributed by atoms with Crippen molar-refractivity contribution >= 4 is 18.1 Å². The Kier molecular flexibility index (Phi) is 6.04. The molecule has 0 saturated carbocycles. The molecule has 102 valence electrons. The van der Waals surface area contributed by atoms with Crippen molar-refractivity contribution < 1.29 is 15.1 Å². The van der Waals surface area contributed by atoms with Gasteiger partial charge < -0.3 is 15.9 Å². The molecule has 0 unspecified atom stereocenters. The van der Waals surface area contributed by atoms with Gasteiger partial charge in [-0.25, -0.2) is 0 Å². The Morgan fingerprint density at radius 2 is 1.94 bits per heavy atom. The average molecular weight is 277 g/mol. The number of nitro groups is 1. The molecule has 0 heterocycles. The third-order valence-electron chi connectivity index (χ3n) is 2.63. The molecular weight excluding hydrogens is 260 g/mol. The van der Waals surface area contributed by atoms with Crippen molar-refractivity contribution in [1.29, 1.82) is 0 Å². The Hall–Kier alpha value is -1.37. The Morgan fingerprint density at radius 3 is 2.39 bits per heavy atom. The minimum absolute atomic E-state index is 0.